The zero-order chi connectivity index (χ0) is 20.5. The Morgan fingerprint density at radius 3 is 2.66 bits per heavy atom. The average Bonchev–Trinajstić information content (AvgIpc) is 3.36. The molecule has 0 radical (unpaired) electrons. The van der Waals surface area contributed by atoms with Crippen LogP contribution in [0.1, 0.15) is 56.9 Å². The summed E-state index contributed by atoms with van der Waals surface area (Å²) >= 11 is 0. The molecule has 1 saturated carbocycles. The Morgan fingerprint density at radius 2 is 1.93 bits per heavy atom. The number of carbonyl (C=O) groups is 2. The molecule has 0 saturated heterocycles. The van der Waals surface area contributed by atoms with Crippen molar-refractivity contribution in [3.8, 4) is 0 Å². The van der Waals surface area contributed by atoms with Gasteiger partial charge in [0.05, 0.1) is 0 Å². The molecular formula is C24H30O5. The van der Waals surface area contributed by atoms with Crippen LogP contribution in [0.3, 0.4) is 0 Å². The highest BCUT2D eigenvalue weighted by Crippen LogP contribution is 2.36. The summed E-state index contributed by atoms with van der Waals surface area (Å²) in [7, 11) is 0. The standard InChI is InChI=1S/C24H30O5/c25-22-13-12-19(21(22)10-6-1-2-7-11-24(26)27)15-20(23-16-28-17-29-23)14-18-8-4-3-5-9-18/h3-5,8-9,15-16,19,21H,1-2,6-7,10-14,17H2,(H,26,27). The molecule has 2 aliphatic rings. The van der Waals surface area contributed by atoms with E-state index in [1.54, 1.807) is 6.26 Å². The van der Waals surface area contributed by atoms with Crippen molar-refractivity contribution >= 4 is 11.8 Å². The van der Waals surface area contributed by atoms with Crippen molar-refractivity contribution in [2.24, 2.45) is 11.8 Å². The first-order chi connectivity index (χ1) is 14.1. The second kappa shape index (κ2) is 10.8. The molecule has 0 spiro atoms. The van der Waals surface area contributed by atoms with Crippen LogP contribution in [0.2, 0.25) is 0 Å². The molecule has 0 amide bonds. The van der Waals surface area contributed by atoms with Gasteiger partial charge in [0.25, 0.3) is 0 Å². The highest BCUT2D eigenvalue weighted by molar-refractivity contribution is 5.83. The molecule has 0 bridgehead atoms. The molecule has 1 aliphatic carbocycles. The van der Waals surface area contributed by atoms with Crippen molar-refractivity contribution in [3.63, 3.8) is 0 Å². The normalized spacial score (nSPS) is 21.6. The van der Waals surface area contributed by atoms with Crippen molar-refractivity contribution in [1.29, 1.82) is 0 Å². The number of hydrogen-bond acceptors (Lipinski definition) is 4. The van der Waals surface area contributed by atoms with Crippen LogP contribution >= 0.6 is 0 Å². The molecule has 1 aromatic rings. The lowest BCUT2D eigenvalue weighted by molar-refractivity contribution is -0.137. The zero-order valence-corrected chi connectivity index (χ0v) is 16.8. The minimum Gasteiger partial charge on any atom is -0.481 e. The minimum atomic E-state index is -0.737. The van der Waals surface area contributed by atoms with E-state index in [2.05, 4.69) is 18.2 Å². The van der Waals surface area contributed by atoms with Crippen LogP contribution in [0.4, 0.5) is 0 Å². The van der Waals surface area contributed by atoms with Crippen molar-refractivity contribution in [2.75, 3.05) is 6.79 Å². The first-order valence-corrected chi connectivity index (χ1v) is 10.6. The predicted octanol–water partition coefficient (Wildman–Crippen LogP) is 5.02. The average molecular weight is 398 g/mol. The lowest BCUT2D eigenvalue weighted by atomic mass is 9.87. The third kappa shape index (κ3) is 6.48. The largest absolute Gasteiger partial charge is 0.481 e. The number of aliphatic carboxylic acids is 1. The molecule has 1 N–H and O–H groups in total. The molecule has 0 aromatic heterocycles. The van der Waals surface area contributed by atoms with E-state index in [0.717, 1.165) is 49.9 Å². The van der Waals surface area contributed by atoms with Gasteiger partial charge in [0.15, 0.2) is 5.76 Å². The summed E-state index contributed by atoms with van der Waals surface area (Å²) in [5.41, 5.74) is 2.29. The second-order valence-corrected chi connectivity index (χ2v) is 7.89. The van der Waals surface area contributed by atoms with Crippen molar-refractivity contribution in [2.45, 2.75) is 57.8 Å². The molecule has 2 atom stereocenters. The molecule has 2 unspecified atom stereocenters. The van der Waals surface area contributed by atoms with Gasteiger partial charge in [-0.15, -0.1) is 0 Å². The molecule has 1 fully saturated rings. The van der Waals surface area contributed by atoms with E-state index in [1.165, 1.54) is 5.56 Å². The van der Waals surface area contributed by atoms with E-state index in [1.807, 2.05) is 18.2 Å². The lowest BCUT2D eigenvalue weighted by Crippen LogP contribution is -2.14. The number of allylic oxidation sites excluding steroid dienone is 2. The van der Waals surface area contributed by atoms with Crippen molar-refractivity contribution in [3.05, 3.63) is 59.6 Å². The Balaban J connectivity index is 1.62. The molecule has 5 nitrogen and oxygen atoms in total. The summed E-state index contributed by atoms with van der Waals surface area (Å²) < 4.78 is 10.9. The Morgan fingerprint density at radius 1 is 1.14 bits per heavy atom. The fourth-order valence-electron chi connectivity index (χ4n) is 4.21. The highest BCUT2D eigenvalue weighted by atomic mass is 16.7. The summed E-state index contributed by atoms with van der Waals surface area (Å²) in [6.45, 7) is 0.241. The third-order valence-corrected chi connectivity index (χ3v) is 5.75. The number of ether oxygens (including phenoxy) is 2. The van der Waals surface area contributed by atoms with Crippen molar-refractivity contribution in [1.82, 2.24) is 0 Å². The van der Waals surface area contributed by atoms with E-state index in [9.17, 15) is 9.59 Å². The van der Waals surface area contributed by atoms with Crippen LogP contribution in [0.25, 0.3) is 0 Å². The number of rotatable bonds is 11. The molecule has 1 aromatic carbocycles. The maximum absolute atomic E-state index is 12.5. The summed E-state index contributed by atoms with van der Waals surface area (Å²) in [4.78, 5) is 23.1. The van der Waals surface area contributed by atoms with Crippen LogP contribution in [-0.2, 0) is 25.5 Å². The Labute approximate surface area is 172 Å². The molecule has 29 heavy (non-hydrogen) atoms. The van der Waals surface area contributed by atoms with Gasteiger partial charge in [-0.1, -0.05) is 55.7 Å². The first-order valence-electron chi connectivity index (χ1n) is 10.6. The maximum Gasteiger partial charge on any atom is 0.303 e. The number of benzene rings is 1. The van der Waals surface area contributed by atoms with Crippen LogP contribution in [0.15, 0.2) is 54.0 Å². The first kappa shape index (κ1) is 21.2. The summed E-state index contributed by atoms with van der Waals surface area (Å²) in [5.74, 6) is 0.669. The van der Waals surface area contributed by atoms with Gasteiger partial charge in [-0.2, -0.15) is 0 Å². The van der Waals surface area contributed by atoms with E-state index in [0.29, 0.717) is 18.6 Å². The van der Waals surface area contributed by atoms with Gasteiger partial charge in [-0.3, -0.25) is 9.59 Å². The Hall–Kier alpha value is -2.56. The topological polar surface area (TPSA) is 72.8 Å². The third-order valence-electron chi connectivity index (χ3n) is 5.75. The van der Waals surface area contributed by atoms with E-state index in [4.69, 9.17) is 14.6 Å². The number of unbranched alkanes of at least 4 members (excludes halogenated alkanes) is 3. The smallest absolute Gasteiger partial charge is 0.303 e. The molecular weight excluding hydrogens is 368 g/mol. The number of hydrogen-bond donors (Lipinski definition) is 1. The molecule has 5 heteroatoms. The number of carbonyl (C=O) groups excluding carboxylic acids is 1. The van der Waals surface area contributed by atoms with Crippen molar-refractivity contribution < 1.29 is 24.2 Å². The Kier molecular flexibility index (Phi) is 7.91. The minimum absolute atomic E-state index is 0.0585. The number of carboxylic acid groups (broad SMARTS) is 1. The van der Waals surface area contributed by atoms with Crippen LogP contribution in [0.5, 0.6) is 0 Å². The lowest BCUT2D eigenvalue weighted by Gasteiger charge is -2.17. The van der Waals surface area contributed by atoms with Gasteiger partial charge in [0, 0.05) is 25.2 Å². The number of carboxylic acids is 1. The van der Waals surface area contributed by atoms with Crippen LogP contribution < -0.4 is 0 Å². The van der Waals surface area contributed by atoms with E-state index >= 15 is 0 Å². The van der Waals surface area contributed by atoms with Gasteiger partial charge in [-0.25, -0.2) is 0 Å². The summed E-state index contributed by atoms with van der Waals surface area (Å²) in [6.07, 6.45) is 10.8. The highest BCUT2D eigenvalue weighted by Gasteiger charge is 2.33. The fourth-order valence-corrected chi connectivity index (χ4v) is 4.21. The van der Waals surface area contributed by atoms with E-state index in [-0.39, 0.29) is 25.0 Å². The monoisotopic (exact) mass is 398 g/mol. The Bertz CT molecular complexity index is 750. The second-order valence-electron chi connectivity index (χ2n) is 7.89. The predicted molar refractivity (Wildman–Crippen MR) is 110 cm³/mol. The quantitative estimate of drug-likeness (QED) is 0.530. The van der Waals surface area contributed by atoms with Gasteiger partial charge >= 0.3 is 5.97 Å². The summed E-state index contributed by atoms with van der Waals surface area (Å²) in [6, 6.07) is 10.2. The molecule has 156 valence electrons. The van der Waals surface area contributed by atoms with Gasteiger partial charge in [-0.05, 0) is 36.3 Å². The molecule has 3 rings (SSSR count). The van der Waals surface area contributed by atoms with Crippen LogP contribution in [-0.4, -0.2) is 23.7 Å². The number of Topliss-reactive ketones (excluding diaryl/α,β-unsaturated/α-hetero) is 1. The SMILES string of the molecule is O=C(O)CCCCCCC1C(=O)CCC1C=C(Cc1ccccc1)C1=COCO1. The summed E-state index contributed by atoms with van der Waals surface area (Å²) in [5, 5.41) is 8.72. The molecule has 1 aliphatic heterocycles. The zero-order valence-electron chi connectivity index (χ0n) is 16.8. The van der Waals surface area contributed by atoms with Gasteiger partial charge < -0.3 is 14.6 Å². The van der Waals surface area contributed by atoms with E-state index < -0.39 is 5.97 Å². The van der Waals surface area contributed by atoms with Gasteiger partial charge in [0.1, 0.15) is 12.0 Å². The molecule has 1 heterocycles. The fraction of sp³-hybridized carbons (Fsp3) is 0.500. The maximum atomic E-state index is 12.5. The number of ketones is 1. The van der Waals surface area contributed by atoms with Crippen LogP contribution in [0, 0.1) is 11.8 Å². The van der Waals surface area contributed by atoms with Gasteiger partial charge in [0.2, 0.25) is 6.79 Å².